The smallest absolute Gasteiger partial charge is 0.0598 e. The Labute approximate surface area is 116 Å². The third-order valence-electron chi connectivity index (χ3n) is 3.35. The molecule has 0 radical (unpaired) electrons. The van der Waals surface area contributed by atoms with Gasteiger partial charge < -0.3 is 14.9 Å². The van der Waals surface area contributed by atoms with Crippen LogP contribution in [0.2, 0.25) is 0 Å². The maximum atomic E-state index is 9.73. The molecule has 108 valence electrons. The highest BCUT2D eigenvalue weighted by atomic mass is 16.5. The molecule has 1 aromatic rings. The quantitative estimate of drug-likeness (QED) is 0.831. The highest BCUT2D eigenvalue weighted by molar-refractivity contribution is 5.30. The van der Waals surface area contributed by atoms with Crippen LogP contribution in [0.15, 0.2) is 24.3 Å². The van der Waals surface area contributed by atoms with Crippen molar-refractivity contribution < 1.29 is 14.9 Å². The van der Waals surface area contributed by atoms with Gasteiger partial charge >= 0.3 is 0 Å². The van der Waals surface area contributed by atoms with Gasteiger partial charge in [-0.15, -0.1) is 0 Å². The van der Waals surface area contributed by atoms with Gasteiger partial charge in [0.1, 0.15) is 0 Å². The summed E-state index contributed by atoms with van der Waals surface area (Å²) in [6.07, 6.45) is 0.598. The van der Waals surface area contributed by atoms with Crippen molar-refractivity contribution in [2.24, 2.45) is 0 Å². The van der Waals surface area contributed by atoms with Crippen molar-refractivity contribution in [1.29, 1.82) is 0 Å². The Morgan fingerprint density at radius 2 is 1.74 bits per heavy atom. The fourth-order valence-electron chi connectivity index (χ4n) is 2.06. The van der Waals surface area contributed by atoms with Crippen molar-refractivity contribution in [3.05, 3.63) is 35.4 Å². The molecule has 0 fully saturated rings. The molecule has 19 heavy (non-hydrogen) atoms. The van der Waals surface area contributed by atoms with E-state index in [1.54, 1.807) is 0 Å². The fraction of sp³-hybridized carbons (Fsp3) is 0.625. The van der Waals surface area contributed by atoms with Crippen LogP contribution in [0.25, 0.3) is 0 Å². The lowest BCUT2D eigenvalue weighted by Crippen LogP contribution is -2.37. The lowest BCUT2D eigenvalue weighted by Gasteiger charge is -2.32. The highest BCUT2D eigenvalue weighted by Gasteiger charge is 2.31. The van der Waals surface area contributed by atoms with E-state index in [1.807, 2.05) is 52.0 Å². The molecule has 0 saturated carbocycles. The summed E-state index contributed by atoms with van der Waals surface area (Å²) in [4.78, 5) is 0. The molecule has 2 N–H and O–H groups in total. The Morgan fingerprint density at radius 3 is 2.21 bits per heavy atom. The molecule has 0 spiro atoms. The molecule has 1 rings (SSSR count). The normalized spacial score (nSPS) is 12.7. The second-order valence-corrected chi connectivity index (χ2v) is 6.18. The number of aryl methyl sites for hydroxylation is 1. The minimum Gasteiger partial charge on any atom is -0.395 e. The van der Waals surface area contributed by atoms with Gasteiger partial charge in [0.25, 0.3) is 0 Å². The Kier molecular flexibility index (Phi) is 5.53. The summed E-state index contributed by atoms with van der Waals surface area (Å²) < 4.78 is 5.72. The first-order valence-corrected chi connectivity index (χ1v) is 6.76. The van der Waals surface area contributed by atoms with E-state index >= 15 is 0 Å². The zero-order valence-corrected chi connectivity index (χ0v) is 12.4. The number of benzene rings is 1. The van der Waals surface area contributed by atoms with Crippen LogP contribution in [0.5, 0.6) is 0 Å². The van der Waals surface area contributed by atoms with Gasteiger partial charge in [0, 0.05) is 12.0 Å². The van der Waals surface area contributed by atoms with Crippen LogP contribution in [0.1, 0.15) is 38.3 Å². The third kappa shape index (κ3) is 4.60. The standard InChI is InChI=1S/C16H26O3/c1-13-6-5-7-14(10-13)16(11-17,12-18)8-9-19-15(2,3)4/h5-7,10,17-18H,8-9,11-12H2,1-4H3. The summed E-state index contributed by atoms with van der Waals surface area (Å²) in [5, 5.41) is 19.5. The Hall–Kier alpha value is -0.900. The van der Waals surface area contributed by atoms with E-state index in [0.29, 0.717) is 13.0 Å². The van der Waals surface area contributed by atoms with Crippen molar-refractivity contribution in [2.75, 3.05) is 19.8 Å². The van der Waals surface area contributed by atoms with E-state index in [-0.39, 0.29) is 18.8 Å². The molecule has 0 atom stereocenters. The molecule has 0 aliphatic carbocycles. The highest BCUT2D eigenvalue weighted by Crippen LogP contribution is 2.28. The third-order valence-corrected chi connectivity index (χ3v) is 3.35. The number of hydrogen-bond acceptors (Lipinski definition) is 3. The average Bonchev–Trinajstić information content (AvgIpc) is 2.34. The first-order valence-electron chi connectivity index (χ1n) is 6.76. The molecule has 3 nitrogen and oxygen atoms in total. The summed E-state index contributed by atoms with van der Waals surface area (Å²) in [5.74, 6) is 0. The molecule has 0 aliphatic heterocycles. The molecule has 0 amide bonds. The van der Waals surface area contributed by atoms with E-state index in [1.165, 1.54) is 0 Å². The number of aliphatic hydroxyl groups excluding tert-OH is 2. The lowest BCUT2D eigenvalue weighted by atomic mass is 9.78. The molecule has 3 heteroatoms. The fourth-order valence-corrected chi connectivity index (χ4v) is 2.06. The maximum absolute atomic E-state index is 9.73. The van der Waals surface area contributed by atoms with Crippen LogP contribution >= 0.6 is 0 Å². The molecule has 0 bridgehead atoms. The van der Waals surface area contributed by atoms with Gasteiger partial charge in [0.2, 0.25) is 0 Å². The summed E-state index contributed by atoms with van der Waals surface area (Å²) >= 11 is 0. The second kappa shape index (κ2) is 6.51. The molecule has 0 aromatic heterocycles. The largest absolute Gasteiger partial charge is 0.395 e. The Morgan fingerprint density at radius 1 is 1.11 bits per heavy atom. The van der Waals surface area contributed by atoms with Crippen LogP contribution in [0.3, 0.4) is 0 Å². The summed E-state index contributed by atoms with van der Waals surface area (Å²) in [5.41, 5.74) is 1.26. The molecular formula is C16H26O3. The van der Waals surface area contributed by atoms with E-state index in [2.05, 4.69) is 0 Å². The van der Waals surface area contributed by atoms with E-state index < -0.39 is 5.41 Å². The number of hydrogen-bond donors (Lipinski definition) is 2. The minimum atomic E-state index is -0.628. The van der Waals surface area contributed by atoms with Gasteiger partial charge in [-0.3, -0.25) is 0 Å². The van der Waals surface area contributed by atoms with Gasteiger partial charge in [0.05, 0.1) is 18.8 Å². The first-order chi connectivity index (χ1) is 8.83. The summed E-state index contributed by atoms with van der Waals surface area (Å²) in [6.45, 7) is 8.35. The lowest BCUT2D eigenvalue weighted by molar-refractivity contribution is -0.0219. The predicted molar refractivity (Wildman–Crippen MR) is 77.4 cm³/mol. The van der Waals surface area contributed by atoms with Crippen LogP contribution in [0.4, 0.5) is 0 Å². The van der Waals surface area contributed by atoms with Gasteiger partial charge in [-0.25, -0.2) is 0 Å². The minimum absolute atomic E-state index is 0.0829. The SMILES string of the molecule is Cc1cccc(C(CO)(CO)CCOC(C)(C)C)c1. The Bertz CT molecular complexity index is 389. The zero-order valence-electron chi connectivity index (χ0n) is 12.4. The predicted octanol–water partition coefficient (Wildman–Crippen LogP) is 2.42. The number of aliphatic hydroxyl groups is 2. The van der Waals surface area contributed by atoms with Gasteiger partial charge in [0.15, 0.2) is 0 Å². The number of ether oxygens (including phenoxy) is 1. The van der Waals surface area contributed by atoms with Crippen molar-refractivity contribution in [3.63, 3.8) is 0 Å². The summed E-state index contributed by atoms with van der Waals surface area (Å²) in [6, 6.07) is 7.93. The molecule has 0 unspecified atom stereocenters. The molecule has 0 heterocycles. The van der Waals surface area contributed by atoms with E-state index in [9.17, 15) is 10.2 Å². The van der Waals surface area contributed by atoms with Crippen LogP contribution in [-0.4, -0.2) is 35.6 Å². The van der Waals surface area contributed by atoms with Gasteiger partial charge in [-0.05, 0) is 39.7 Å². The second-order valence-electron chi connectivity index (χ2n) is 6.18. The maximum Gasteiger partial charge on any atom is 0.0598 e. The van der Waals surface area contributed by atoms with Crippen molar-refractivity contribution in [3.8, 4) is 0 Å². The molecule has 1 aromatic carbocycles. The van der Waals surface area contributed by atoms with Crippen molar-refractivity contribution in [2.45, 2.75) is 45.1 Å². The molecule has 0 aliphatic rings. The van der Waals surface area contributed by atoms with Crippen LogP contribution in [0, 0.1) is 6.92 Å². The first kappa shape index (κ1) is 16.2. The van der Waals surface area contributed by atoms with Crippen LogP contribution in [-0.2, 0) is 10.2 Å². The van der Waals surface area contributed by atoms with Gasteiger partial charge in [-0.1, -0.05) is 29.8 Å². The number of rotatable bonds is 6. The van der Waals surface area contributed by atoms with E-state index in [0.717, 1.165) is 11.1 Å². The van der Waals surface area contributed by atoms with Gasteiger partial charge in [-0.2, -0.15) is 0 Å². The molecule has 0 saturated heterocycles. The zero-order chi connectivity index (χ0) is 14.5. The summed E-state index contributed by atoms with van der Waals surface area (Å²) in [7, 11) is 0. The Balaban J connectivity index is 2.85. The average molecular weight is 266 g/mol. The van der Waals surface area contributed by atoms with Crippen molar-refractivity contribution in [1.82, 2.24) is 0 Å². The molecular weight excluding hydrogens is 240 g/mol. The van der Waals surface area contributed by atoms with E-state index in [4.69, 9.17) is 4.74 Å². The topological polar surface area (TPSA) is 49.7 Å². The van der Waals surface area contributed by atoms with Crippen molar-refractivity contribution >= 4 is 0 Å². The monoisotopic (exact) mass is 266 g/mol. The van der Waals surface area contributed by atoms with Crippen LogP contribution < -0.4 is 0 Å².